The summed E-state index contributed by atoms with van der Waals surface area (Å²) in [6.45, 7) is 5.52. The molecule has 3 N–H and O–H groups in total. The third-order valence-corrected chi connectivity index (χ3v) is 3.32. The second-order valence-electron chi connectivity index (χ2n) is 4.73. The highest BCUT2D eigenvalue weighted by Crippen LogP contribution is 2.22. The van der Waals surface area contributed by atoms with Gasteiger partial charge >= 0.3 is 0 Å². The fourth-order valence-electron chi connectivity index (χ4n) is 2.13. The average Bonchev–Trinajstić information content (AvgIpc) is 2.70. The fourth-order valence-corrected chi connectivity index (χ4v) is 2.13. The number of rotatable bonds is 2. The van der Waals surface area contributed by atoms with Crippen LogP contribution in [0, 0.1) is 18.8 Å². The van der Waals surface area contributed by atoms with Crippen molar-refractivity contribution in [1.82, 2.24) is 5.32 Å². The van der Waals surface area contributed by atoms with Crippen LogP contribution in [0.5, 0.6) is 5.75 Å². The lowest BCUT2D eigenvalue weighted by Crippen LogP contribution is -2.27. The number of benzene rings is 1. The highest BCUT2D eigenvalue weighted by Gasteiger charge is 2.29. The first kappa shape index (κ1) is 11.9. The maximum absolute atomic E-state index is 12.0. The minimum absolute atomic E-state index is 0.0316. The Morgan fingerprint density at radius 3 is 2.82 bits per heavy atom. The third kappa shape index (κ3) is 2.58. The Kier molecular flexibility index (Phi) is 3.33. The normalized spacial score (nSPS) is 23.6. The number of nitrogens with one attached hydrogen (secondary N) is 2. The van der Waals surface area contributed by atoms with Gasteiger partial charge in [-0.3, -0.25) is 4.79 Å². The Bertz CT molecular complexity index is 431. The van der Waals surface area contributed by atoms with Crippen molar-refractivity contribution in [2.45, 2.75) is 13.8 Å². The van der Waals surface area contributed by atoms with Crippen molar-refractivity contribution in [3.63, 3.8) is 0 Å². The van der Waals surface area contributed by atoms with E-state index < -0.39 is 0 Å². The van der Waals surface area contributed by atoms with E-state index in [0.717, 1.165) is 24.3 Å². The van der Waals surface area contributed by atoms with Crippen LogP contribution >= 0.6 is 0 Å². The van der Waals surface area contributed by atoms with Gasteiger partial charge in [0.05, 0.1) is 5.92 Å². The zero-order valence-electron chi connectivity index (χ0n) is 10.2. The van der Waals surface area contributed by atoms with Crippen molar-refractivity contribution < 1.29 is 9.90 Å². The molecule has 0 bridgehead atoms. The molecule has 2 unspecified atom stereocenters. The summed E-state index contributed by atoms with van der Waals surface area (Å²) in [5.74, 6) is 0.698. The van der Waals surface area contributed by atoms with Crippen LogP contribution in [-0.2, 0) is 4.79 Å². The highest BCUT2D eigenvalue weighted by molar-refractivity contribution is 5.93. The Hall–Kier alpha value is -1.55. The van der Waals surface area contributed by atoms with Gasteiger partial charge in [0.1, 0.15) is 5.75 Å². The number of anilines is 1. The molecule has 1 aliphatic heterocycles. The number of carbonyl (C=O) groups is 1. The minimum atomic E-state index is 0.0316. The summed E-state index contributed by atoms with van der Waals surface area (Å²) in [5, 5.41) is 15.5. The van der Waals surface area contributed by atoms with Crippen molar-refractivity contribution in [1.29, 1.82) is 0 Å². The molecule has 1 amide bonds. The van der Waals surface area contributed by atoms with E-state index in [1.807, 2.05) is 6.92 Å². The quantitative estimate of drug-likeness (QED) is 0.679. The van der Waals surface area contributed by atoms with Crippen LogP contribution in [-0.4, -0.2) is 24.1 Å². The summed E-state index contributed by atoms with van der Waals surface area (Å²) >= 11 is 0. The van der Waals surface area contributed by atoms with Gasteiger partial charge in [-0.25, -0.2) is 0 Å². The fraction of sp³-hybridized carbons (Fsp3) is 0.462. The number of hydrogen-bond donors (Lipinski definition) is 3. The Morgan fingerprint density at radius 1 is 1.47 bits per heavy atom. The monoisotopic (exact) mass is 234 g/mol. The predicted octanol–water partition coefficient (Wildman–Crippen LogP) is 1.49. The number of phenolic OH excluding ortho intramolecular Hbond substituents is 1. The molecule has 1 aromatic rings. The van der Waals surface area contributed by atoms with E-state index in [9.17, 15) is 9.90 Å². The SMILES string of the molecule is Cc1cc(NC(=O)C2CNCC2C)ccc1O. The number of aromatic hydroxyl groups is 1. The van der Waals surface area contributed by atoms with Crippen molar-refractivity contribution >= 4 is 11.6 Å². The molecule has 0 aliphatic carbocycles. The van der Waals surface area contributed by atoms with Gasteiger partial charge < -0.3 is 15.7 Å². The van der Waals surface area contributed by atoms with Gasteiger partial charge in [0.15, 0.2) is 0 Å². The first-order valence-electron chi connectivity index (χ1n) is 5.89. The molecule has 1 aromatic carbocycles. The van der Waals surface area contributed by atoms with Gasteiger partial charge in [0, 0.05) is 12.2 Å². The van der Waals surface area contributed by atoms with Crippen molar-refractivity contribution in [2.24, 2.45) is 11.8 Å². The summed E-state index contributed by atoms with van der Waals surface area (Å²) in [5.41, 5.74) is 1.50. The molecule has 2 atom stereocenters. The molecule has 1 fully saturated rings. The van der Waals surface area contributed by atoms with Gasteiger partial charge in [-0.1, -0.05) is 6.92 Å². The molecule has 0 saturated carbocycles. The van der Waals surface area contributed by atoms with Crippen LogP contribution in [0.4, 0.5) is 5.69 Å². The molecule has 92 valence electrons. The summed E-state index contributed by atoms with van der Waals surface area (Å²) in [7, 11) is 0. The maximum Gasteiger partial charge on any atom is 0.229 e. The van der Waals surface area contributed by atoms with E-state index in [-0.39, 0.29) is 17.6 Å². The number of phenols is 1. The molecule has 0 aromatic heterocycles. The summed E-state index contributed by atoms with van der Waals surface area (Å²) in [6, 6.07) is 5.09. The van der Waals surface area contributed by atoms with Crippen LogP contribution in [0.15, 0.2) is 18.2 Å². The molecule has 2 rings (SSSR count). The minimum Gasteiger partial charge on any atom is -0.508 e. The summed E-state index contributed by atoms with van der Waals surface area (Å²) in [6.07, 6.45) is 0. The molecule has 4 heteroatoms. The van der Waals surface area contributed by atoms with E-state index in [1.165, 1.54) is 0 Å². The Morgan fingerprint density at radius 2 is 2.24 bits per heavy atom. The van der Waals surface area contributed by atoms with Crippen LogP contribution in [0.3, 0.4) is 0 Å². The van der Waals surface area contributed by atoms with Crippen LogP contribution in [0.2, 0.25) is 0 Å². The molecule has 0 spiro atoms. The van der Waals surface area contributed by atoms with Crippen molar-refractivity contribution in [3.8, 4) is 5.75 Å². The molecule has 1 heterocycles. The number of amides is 1. The van der Waals surface area contributed by atoms with Crippen LogP contribution in [0.25, 0.3) is 0 Å². The molecular formula is C13H18N2O2. The van der Waals surface area contributed by atoms with Crippen LogP contribution < -0.4 is 10.6 Å². The lowest BCUT2D eigenvalue weighted by molar-refractivity contribution is -0.120. The van der Waals surface area contributed by atoms with E-state index in [4.69, 9.17) is 0 Å². The molecule has 0 radical (unpaired) electrons. The highest BCUT2D eigenvalue weighted by atomic mass is 16.3. The number of hydrogen-bond acceptors (Lipinski definition) is 3. The first-order chi connectivity index (χ1) is 8.08. The molecule has 1 aliphatic rings. The van der Waals surface area contributed by atoms with Crippen molar-refractivity contribution in [3.05, 3.63) is 23.8 Å². The van der Waals surface area contributed by atoms with E-state index in [0.29, 0.717) is 5.92 Å². The summed E-state index contributed by atoms with van der Waals surface area (Å²) < 4.78 is 0. The van der Waals surface area contributed by atoms with E-state index in [2.05, 4.69) is 17.6 Å². The second-order valence-corrected chi connectivity index (χ2v) is 4.73. The smallest absolute Gasteiger partial charge is 0.229 e. The largest absolute Gasteiger partial charge is 0.508 e. The van der Waals surface area contributed by atoms with Gasteiger partial charge in [0.25, 0.3) is 0 Å². The molecule has 17 heavy (non-hydrogen) atoms. The third-order valence-electron chi connectivity index (χ3n) is 3.32. The van der Waals surface area contributed by atoms with E-state index >= 15 is 0 Å². The zero-order chi connectivity index (χ0) is 12.4. The molecule has 4 nitrogen and oxygen atoms in total. The lowest BCUT2D eigenvalue weighted by atomic mass is 9.97. The van der Waals surface area contributed by atoms with Crippen molar-refractivity contribution in [2.75, 3.05) is 18.4 Å². The standard InChI is InChI=1S/C13H18N2O2/c1-8-5-10(3-4-12(8)16)15-13(17)11-7-14-6-9(11)2/h3-5,9,11,14,16H,6-7H2,1-2H3,(H,15,17). The van der Waals surface area contributed by atoms with Gasteiger partial charge in [0.2, 0.25) is 5.91 Å². The van der Waals surface area contributed by atoms with Gasteiger partial charge in [-0.15, -0.1) is 0 Å². The Labute approximate surface area is 101 Å². The number of carbonyl (C=O) groups excluding carboxylic acids is 1. The maximum atomic E-state index is 12.0. The number of aryl methyl sites for hydroxylation is 1. The second kappa shape index (κ2) is 4.75. The van der Waals surface area contributed by atoms with Gasteiger partial charge in [-0.05, 0) is 43.1 Å². The van der Waals surface area contributed by atoms with E-state index in [1.54, 1.807) is 18.2 Å². The van der Waals surface area contributed by atoms with Crippen LogP contribution in [0.1, 0.15) is 12.5 Å². The summed E-state index contributed by atoms with van der Waals surface area (Å²) in [4.78, 5) is 12.0. The van der Waals surface area contributed by atoms with Gasteiger partial charge in [-0.2, -0.15) is 0 Å². The topological polar surface area (TPSA) is 61.4 Å². The Balaban J connectivity index is 2.05. The lowest BCUT2D eigenvalue weighted by Gasteiger charge is -2.14. The molecule has 1 saturated heterocycles. The molecular weight excluding hydrogens is 216 g/mol. The average molecular weight is 234 g/mol. The predicted molar refractivity (Wildman–Crippen MR) is 67.0 cm³/mol. The zero-order valence-corrected chi connectivity index (χ0v) is 10.2. The first-order valence-corrected chi connectivity index (χ1v) is 5.89.